The van der Waals surface area contributed by atoms with Crippen LogP contribution < -0.4 is 5.32 Å². The van der Waals surface area contributed by atoms with Gasteiger partial charge in [-0.15, -0.1) is 0 Å². The largest absolute Gasteiger partial charge is 0.320 e. The maximum Gasteiger partial charge on any atom is 0.270 e. The second-order valence-corrected chi connectivity index (χ2v) is 5.32. The summed E-state index contributed by atoms with van der Waals surface area (Å²) in [5.74, 6) is -0.431. The van der Waals surface area contributed by atoms with Crippen molar-refractivity contribution >= 4 is 33.2 Å². The lowest BCUT2D eigenvalue weighted by Crippen LogP contribution is -2.14. The summed E-state index contributed by atoms with van der Waals surface area (Å²) in [5.41, 5.74) is 2.17. The van der Waals surface area contributed by atoms with Crippen molar-refractivity contribution in [3.8, 4) is 0 Å². The molecule has 6 nitrogen and oxygen atoms in total. The molecule has 0 radical (unpaired) electrons. The highest BCUT2D eigenvalue weighted by molar-refractivity contribution is 9.10. The van der Waals surface area contributed by atoms with Crippen molar-refractivity contribution in [1.29, 1.82) is 0 Å². The van der Waals surface area contributed by atoms with Crippen molar-refractivity contribution in [2.75, 3.05) is 5.32 Å². The predicted octanol–water partition coefficient (Wildman–Crippen LogP) is 3.62. The van der Waals surface area contributed by atoms with Crippen LogP contribution in [0.2, 0.25) is 0 Å². The molecule has 1 N–H and O–H groups in total. The fourth-order valence-corrected chi connectivity index (χ4v) is 2.24. The van der Waals surface area contributed by atoms with Crippen molar-refractivity contribution in [1.82, 2.24) is 4.98 Å². The number of carbonyl (C=O) groups excluding carboxylic acids is 1. The molecule has 0 aliphatic heterocycles. The van der Waals surface area contributed by atoms with Gasteiger partial charge in [0.25, 0.3) is 11.6 Å². The number of amides is 1. The second-order valence-electron chi connectivity index (χ2n) is 4.46. The van der Waals surface area contributed by atoms with Crippen LogP contribution in [0.3, 0.4) is 0 Å². The van der Waals surface area contributed by atoms with Crippen molar-refractivity contribution in [3.05, 3.63) is 61.9 Å². The van der Waals surface area contributed by atoms with Gasteiger partial charge in [0, 0.05) is 22.3 Å². The van der Waals surface area contributed by atoms with Gasteiger partial charge in [-0.05, 0) is 48.0 Å². The monoisotopic (exact) mass is 349 g/mol. The molecule has 0 fully saturated rings. The lowest BCUT2D eigenvalue weighted by atomic mass is 10.2. The molecule has 0 aliphatic rings. The summed E-state index contributed by atoms with van der Waals surface area (Å²) in [5, 5.41) is 13.5. The number of halogens is 1. The third-order valence-corrected chi connectivity index (χ3v) is 3.57. The number of nitro benzene ring substituents is 1. The van der Waals surface area contributed by atoms with Gasteiger partial charge in [-0.25, -0.2) is 0 Å². The van der Waals surface area contributed by atoms with E-state index in [2.05, 4.69) is 26.2 Å². The van der Waals surface area contributed by atoms with Crippen LogP contribution in [-0.2, 0) is 0 Å². The van der Waals surface area contributed by atoms with E-state index in [1.807, 2.05) is 6.92 Å². The number of hydrogen-bond acceptors (Lipinski definition) is 4. The number of nitro groups is 1. The van der Waals surface area contributed by atoms with E-state index in [-0.39, 0.29) is 11.3 Å². The third kappa shape index (κ3) is 3.43. The molecule has 1 aromatic carbocycles. The van der Waals surface area contributed by atoms with Gasteiger partial charge in [0.2, 0.25) is 0 Å². The first kappa shape index (κ1) is 15.1. The van der Waals surface area contributed by atoms with Gasteiger partial charge in [0.05, 0.1) is 21.9 Å². The Hall–Kier alpha value is -2.28. The van der Waals surface area contributed by atoms with E-state index in [4.69, 9.17) is 0 Å². The molecule has 1 aromatic heterocycles. The molecule has 2 rings (SSSR count). The van der Waals surface area contributed by atoms with Crippen LogP contribution >= 0.6 is 15.9 Å². The average Bonchev–Trinajstić information content (AvgIpc) is 2.42. The van der Waals surface area contributed by atoms with Gasteiger partial charge in [-0.2, -0.15) is 0 Å². The first-order chi connectivity index (χ1) is 9.88. The molecule has 7 heteroatoms. The maximum absolute atomic E-state index is 12.3. The van der Waals surface area contributed by atoms with Crippen molar-refractivity contribution in [3.63, 3.8) is 0 Å². The van der Waals surface area contributed by atoms with Gasteiger partial charge < -0.3 is 5.32 Å². The highest BCUT2D eigenvalue weighted by Gasteiger charge is 2.16. The number of nitrogens with one attached hydrogen (secondary N) is 1. The number of carbonyl (C=O) groups is 1. The maximum atomic E-state index is 12.3. The smallest absolute Gasteiger partial charge is 0.270 e. The second kappa shape index (κ2) is 6.01. The van der Waals surface area contributed by atoms with E-state index in [0.29, 0.717) is 15.9 Å². The summed E-state index contributed by atoms with van der Waals surface area (Å²) in [6, 6.07) is 7.58. The number of benzene rings is 1. The zero-order valence-electron chi connectivity index (χ0n) is 11.4. The SMILES string of the molecule is Cc1ccc(NC(=O)c2cc([N+](=O)[O-])ccc2Br)c(C)n1. The standard InChI is InChI=1S/C14H12BrN3O3/c1-8-3-6-13(9(2)16-8)17-14(19)11-7-10(18(20)21)4-5-12(11)15/h3-7H,1-2H3,(H,17,19). The van der Waals surface area contributed by atoms with E-state index in [9.17, 15) is 14.9 Å². The van der Waals surface area contributed by atoms with Crippen LogP contribution in [0.25, 0.3) is 0 Å². The first-order valence-corrected chi connectivity index (χ1v) is 6.87. The number of rotatable bonds is 3. The number of nitrogens with zero attached hydrogens (tertiary/aromatic N) is 2. The van der Waals surface area contributed by atoms with Gasteiger partial charge >= 0.3 is 0 Å². The molecule has 1 heterocycles. The minimum atomic E-state index is -0.540. The Bertz CT molecular complexity index is 731. The summed E-state index contributed by atoms with van der Waals surface area (Å²) >= 11 is 3.22. The Morgan fingerprint density at radius 1 is 1.29 bits per heavy atom. The average molecular weight is 350 g/mol. The molecule has 0 saturated carbocycles. The number of pyridine rings is 1. The number of aromatic nitrogens is 1. The molecule has 2 aromatic rings. The van der Waals surface area contributed by atoms with Crippen molar-refractivity contribution in [2.45, 2.75) is 13.8 Å². The molecule has 0 bridgehead atoms. The quantitative estimate of drug-likeness (QED) is 0.677. The summed E-state index contributed by atoms with van der Waals surface area (Å²) in [6.45, 7) is 3.64. The van der Waals surface area contributed by atoms with Crippen LogP contribution in [0.15, 0.2) is 34.8 Å². The summed E-state index contributed by atoms with van der Waals surface area (Å²) in [6.07, 6.45) is 0. The zero-order valence-corrected chi connectivity index (χ0v) is 13.0. The Balaban J connectivity index is 2.32. The number of hydrogen-bond donors (Lipinski definition) is 1. The Labute approximate surface area is 129 Å². The predicted molar refractivity (Wildman–Crippen MR) is 82.5 cm³/mol. The molecule has 0 saturated heterocycles. The highest BCUT2D eigenvalue weighted by Crippen LogP contribution is 2.24. The van der Waals surface area contributed by atoms with E-state index < -0.39 is 10.8 Å². The Kier molecular flexibility index (Phi) is 4.32. The van der Waals surface area contributed by atoms with Crippen LogP contribution in [0.1, 0.15) is 21.7 Å². The first-order valence-electron chi connectivity index (χ1n) is 6.08. The normalized spacial score (nSPS) is 10.2. The van der Waals surface area contributed by atoms with Gasteiger partial charge in [0.15, 0.2) is 0 Å². The summed E-state index contributed by atoms with van der Waals surface area (Å²) < 4.78 is 0.489. The van der Waals surface area contributed by atoms with Gasteiger partial charge in [-0.3, -0.25) is 19.9 Å². The molecule has 108 valence electrons. The van der Waals surface area contributed by atoms with E-state index >= 15 is 0 Å². The molecule has 0 atom stereocenters. The topological polar surface area (TPSA) is 85.1 Å². The van der Waals surface area contributed by atoms with Crippen LogP contribution in [0.5, 0.6) is 0 Å². The molecule has 21 heavy (non-hydrogen) atoms. The number of aryl methyl sites for hydroxylation is 2. The molecule has 0 unspecified atom stereocenters. The zero-order chi connectivity index (χ0) is 15.6. The fraction of sp³-hybridized carbons (Fsp3) is 0.143. The van der Waals surface area contributed by atoms with E-state index in [1.165, 1.54) is 18.2 Å². The van der Waals surface area contributed by atoms with Crippen LogP contribution in [-0.4, -0.2) is 15.8 Å². The molecule has 1 amide bonds. The van der Waals surface area contributed by atoms with E-state index in [1.54, 1.807) is 19.1 Å². The van der Waals surface area contributed by atoms with Crippen molar-refractivity contribution < 1.29 is 9.72 Å². The minimum Gasteiger partial charge on any atom is -0.320 e. The lowest BCUT2D eigenvalue weighted by molar-refractivity contribution is -0.384. The molecule has 0 spiro atoms. The number of non-ortho nitro benzene ring substituents is 1. The minimum absolute atomic E-state index is 0.137. The van der Waals surface area contributed by atoms with Gasteiger partial charge in [0.1, 0.15) is 0 Å². The summed E-state index contributed by atoms with van der Waals surface area (Å²) in [4.78, 5) is 26.8. The number of anilines is 1. The van der Waals surface area contributed by atoms with Crippen LogP contribution in [0, 0.1) is 24.0 Å². The molecule has 0 aliphatic carbocycles. The van der Waals surface area contributed by atoms with E-state index in [0.717, 1.165) is 5.69 Å². The fourth-order valence-electron chi connectivity index (χ4n) is 1.81. The Morgan fingerprint density at radius 3 is 2.62 bits per heavy atom. The third-order valence-electron chi connectivity index (χ3n) is 2.88. The van der Waals surface area contributed by atoms with Crippen molar-refractivity contribution in [2.24, 2.45) is 0 Å². The lowest BCUT2D eigenvalue weighted by Gasteiger charge is -2.09. The van der Waals surface area contributed by atoms with Gasteiger partial charge in [-0.1, -0.05) is 0 Å². The highest BCUT2D eigenvalue weighted by atomic mass is 79.9. The van der Waals surface area contributed by atoms with Crippen LogP contribution in [0.4, 0.5) is 11.4 Å². The summed E-state index contributed by atoms with van der Waals surface area (Å²) in [7, 11) is 0. The molecular formula is C14H12BrN3O3. The molecular weight excluding hydrogens is 338 g/mol. The Morgan fingerprint density at radius 2 is 2.00 bits per heavy atom.